The lowest BCUT2D eigenvalue weighted by molar-refractivity contribution is -0.144. The number of nitrogens with one attached hydrogen (secondary N) is 1. The van der Waals surface area contributed by atoms with Crippen LogP contribution in [0.4, 0.5) is 4.39 Å². The van der Waals surface area contributed by atoms with Crippen molar-refractivity contribution in [2.75, 3.05) is 6.61 Å². The lowest BCUT2D eigenvalue weighted by Crippen LogP contribution is -2.39. The van der Waals surface area contributed by atoms with Gasteiger partial charge >= 0.3 is 5.97 Å². The standard InChI is InChI=1S/C17H20FNO4/c18-13-6-2-5-12-14(7-8-23-15(12)13)19-16(20)10-3-1-4-11(9-10)17(21)22/h2,5-6,10-11,14H,1,3-4,7-9H2,(H,19,20)(H,21,22)/t10?,11?,14-/m0/s1. The van der Waals surface area contributed by atoms with Gasteiger partial charge in [-0.25, -0.2) is 4.39 Å². The molecule has 1 heterocycles. The molecule has 2 aliphatic rings. The normalized spacial score (nSPS) is 26.7. The predicted octanol–water partition coefficient (Wildman–Crippen LogP) is 2.66. The number of fused-ring (bicyclic) bond motifs is 1. The van der Waals surface area contributed by atoms with Crippen molar-refractivity contribution in [1.29, 1.82) is 0 Å². The Labute approximate surface area is 133 Å². The second-order valence-electron chi connectivity index (χ2n) is 6.26. The molecule has 1 saturated carbocycles. The van der Waals surface area contributed by atoms with Crippen LogP contribution in [0.15, 0.2) is 18.2 Å². The van der Waals surface area contributed by atoms with E-state index in [9.17, 15) is 14.0 Å². The first-order chi connectivity index (χ1) is 11.1. The minimum absolute atomic E-state index is 0.141. The molecule has 1 aromatic rings. The zero-order valence-electron chi connectivity index (χ0n) is 12.8. The molecule has 0 saturated heterocycles. The number of benzene rings is 1. The Kier molecular flexibility index (Phi) is 4.50. The van der Waals surface area contributed by atoms with Gasteiger partial charge in [-0.3, -0.25) is 9.59 Å². The number of hydrogen-bond acceptors (Lipinski definition) is 3. The van der Waals surface area contributed by atoms with E-state index >= 15 is 0 Å². The largest absolute Gasteiger partial charge is 0.490 e. The van der Waals surface area contributed by atoms with Crippen LogP contribution in [0.2, 0.25) is 0 Å². The van der Waals surface area contributed by atoms with Gasteiger partial charge < -0.3 is 15.2 Å². The second kappa shape index (κ2) is 6.56. The molecule has 1 amide bonds. The second-order valence-corrected chi connectivity index (χ2v) is 6.26. The lowest BCUT2D eigenvalue weighted by Gasteiger charge is -2.30. The topological polar surface area (TPSA) is 75.6 Å². The Morgan fingerprint density at radius 1 is 1.22 bits per heavy atom. The number of carboxylic acids is 1. The summed E-state index contributed by atoms with van der Waals surface area (Å²) in [7, 11) is 0. The maximum atomic E-state index is 13.8. The number of halogens is 1. The van der Waals surface area contributed by atoms with E-state index in [1.807, 2.05) is 0 Å². The summed E-state index contributed by atoms with van der Waals surface area (Å²) in [5.74, 6) is -1.93. The van der Waals surface area contributed by atoms with Gasteiger partial charge in [0.25, 0.3) is 0 Å². The summed E-state index contributed by atoms with van der Waals surface area (Å²) in [4.78, 5) is 23.6. The molecular formula is C17H20FNO4. The van der Waals surface area contributed by atoms with E-state index in [0.29, 0.717) is 37.9 Å². The van der Waals surface area contributed by atoms with Gasteiger partial charge in [0.1, 0.15) is 0 Å². The van der Waals surface area contributed by atoms with Crippen molar-refractivity contribution in [3.05, 3.63) is 29.6 Å². The average Bonchev–Trinajstić information content (AvgIpc) is 2.56. The highest BCUT2D eigenvalue weighted by Gasteiger charge is 2.33. The smallest absolute Gasteiger partial charge is 0.306 e. The molecule has 124 valence electrons. The number of carbonyl (C=O) groups excluding carboxylic acids is 1. The van der Waals surface area contributed by atoms with Crippen LogP contribution < -0.4 is 10.1 Å². The zero-order valence-corrected chi connectivity index (χ0v) is 12.8. The minimum atomic E-state index is -0.832. The third kappa shape index (κ3) is 3.30. The molecule has 3 atom stereocenters. The molecule has 1 aliphatic carbocycles. The third-order valence-corrected chi connectivity index (χ3v) is 4.74. The van der Waals surface area contributed by atoms with E-state index in [4.69, 9.17) is 9.84 Å². The first-order valence-electron chi connectivity index (χ1n) is 8.00. The predicted molar refractivity (Wildman–Crippen MR) is 80.5 cm³/mol. The number of carbonyl (C=O) groups is 2. The van der Waals surface area contributed by atoms with Crippen LogP contribution >= 0.6 is 0 Å². The van der Waals surface area contributed by atoms with Gasteiger partial charge in [0.2, 0.25) is 5.91 Å². The number of aliphatic carboxylic acids is 1. The lowest BCUT2D eigenvalue weighted by atomic mass is 9.81. The summed E-state index contributed by atoms with van der Waals surface area (Å²) in [6.45, 7) is 0.349. The van der Waals surface area contributed by atoms with Gasteiger partial charge in [0.15, 0.2) is 11.6 Å². The summed E-state index contributed by atoms with van der Waals surface area (Å²) in [6.07, 6.45) is 3.03. The molecule has 1 fully saturated rings. The van der Waals surface area contributed by atoms with E-state index in [-0.39, 0.29) is 23.6 Å². The summed E-state index contributed by atoms with van der Waals surface area (Å²) in [5, 5.41) is 12.1. The number of rotatable bonds is 3. The summed E-state index contributed by atoms with van der Waals surface area (Å²) in [5.41, 5.74) is 0.648. The van der Waals surface area contributed by atoms with E-state index in [1.54, 1.807) is 12.1 Å². The van der Waals surface area contributed by atoms with Crippen molar-refractivity contribution in [1.82, 2.24) is 5.32 Å². The highest BCUT2D eigenvalue weighted by Crippen LogP contribution is 2.35. The quantitative estimate of drug-likeness (QED) is 0.897. The van der Waals surface area contributed by atoms with E-state index in [2.05, 4.69) is 5.32 Å². The zero-order chi connectivity index (χ0) is 16.4. The van der Waals surface area contributed by atoms with E-state index in [1.165, 1.54) is 6.07 Å². The van der Waals surface area contributed by atoms with Gasteiger partial charge in [-0.1, -0.05) is 18.6 Å². The molecule has 0 radical (unpaired) electrons. The van der Waals surface area contributed by atoms with Crippen LogP contribution in [0.5, 0.6) is 5.75 Å². The number of amides is 1. The molecule has 6 heteroatoms. The van der Waals surface area contributed by atoms with Crippen LogP contribution in [0.25, 0.3) is 0 Å². The maximum Gasteiger partial charge on any atom is 0.306 e. The maximum absolute atomic E-state index is 13.8. The van der Waals surface area contributed by atoms with Crippen LogP contribution in [0, 0.1) is 17.7 Å². The summed E-state index contributed by atoms with van der Waals surface area (Å²) < 4.78 is 19.1. The van der Waals surface area contributed by atoms with E-state index in [0.717, 1.165) is 6.42 Å². The molecule has 2 unspecified atom stereocenters. The van der Waals surface area contributed by atoms with Crippen molar-refractivity contribution in [2.24, 2.45) is 11.8 Å². The highest BCUT2D eigenvalue weighted by atomic mass is 19.1. The minimum Gasteiger partial charge on any atom is -0.490 e. The van der Waals surface area contributed by atoms with Gasteiger partial charge in [-0.2, -0.15) is 0 Å². The monoisotopic (exact) mass is 321 g/mol. The number of hydrogen-bond donors (Lipinski definition) is 2. The fourth-order valence-electron chi connectivity index (χ4n) is 3.48. The van der Waals surface area contributed by atoms with Gasteiger partial charge in [0.05, 0.1) is 18.6 Å². The van der Waals surface area contributed by atoms with Gasteiger partial charge in [-0.15, -0.1) is 0 Å². The molecule has 0 bridgehead atoms. The van der Waals surface area contributed by atoms with Crippen molar-refractivity contribution >= 4 is 11.9 Å². The Morgan fingerprint density at radius 3 is 2.78 bits per heavy atom. The summed E-state index contributed by atoms with van der Waals surface area (Å²) in [6, 6.07) is 4.40. The van der Waals surface area contributed by atoms with Gasteiger partial charge in [-0.05, 0) is 25.3 Å². The van der Waals surface area contributed by atoms with Crippen LogP contribution in [-0.2, 0) is 9.59 Å². The molecule has 5 nitrogen and oxygen atoms in total. The Balaban J connectivity index is 1.69. The van der Waals surface area contributed by atoms with Gasteiger partial charge in [0, 0.05) is 17.9 Å². The molecular weight excluding hydrogens is 301 g/mol. The van der Waals surface area contributed by atoms with Crippen LogP contribution in [-0.4, -0.2) is 23.6 Å². The Hall–Kier alpha value is -2.11. The molecule has 23 heavy (non-hydrogen) atoms. The Morgan fingerprint density at radius 2 is 2.00 bits per heavy atom. The first kappa shape index (κ1) is 15.8. The van der Waals surface area contributed by atoms with Crippen molar-refractivity contribution in [3.63, 3.8) is 0 Å². The van der Waals surface area contributed by atoms with Crippen molar-refractivity contribution in [2.45, 2.75) is 38.1 Å². The average molecular weight is 321 g/mol. The molecule has 3 rings (SSSR count). The molecule has 1 aliphatic heterocycles. The highest BCUT2D eigenvalue weighted by molar-refractivity contribution is 5.80. The first-order valence-corrected chi connectivity index (χ1v) is 8.00. The number of para-hydroxylation sites is 1. The molecule has 2 N–H and O–H groups in total. The van der Waals surface area contributed by atoms with Crippen molar-refractivity contribution < 1.29 is 23.8 Å². The fourth-order valence-corrected chi connectivity index (χ4v) is 3.48. The van der Waals surface area contributed by atoms with Crippen LogP contribution in [0.1, 0.15) is 43.7 Å². The van der Waals surface area contributed by atoms with E-state index < -0.39 is 17.7 Å². The molecule has 1 aromatic carbocycles. The Bertz CT molecular complexity index is 619. The van der Waals surface area contributed by atoms with Crippen molar-refractivity contribution in [3.8, 4) is 5.75 Å². The fraction of sp³-hybridized carbons (Fsp3) is 0.529. The number of ether oxygens (including phenoxy) is 1. The number of carboxylic acid groups (broad SMARTS) is 1. The third-order valence-electron chi connectivity index (χ3n) is 4.74. The molecule has 0 aromatic heterocycles. The van der Waals surface area contributed by atoms with Crippen LogP contribution in [0.3, 0.4) is 0 Å². The SMILES string of the molecule is O=C(O)C1CCCC(C(=O)N[C@H]2CCOc3c(F)cccc32)C1. The summed E-state index contributed by atoms with van der Waals surface area (Å²) >= 11 is 0. The molecule has 0 spiro atoms.